The van der Waals surface area contributed by atoms with Crippen molar-refractivity contribution in [2.45, 2.75) is 12.6 Å². The van der Waals surface area contributed by atoms with Crippen LogP contribution in [0, 0.1) is 0 Å². The zero-order chi connectivity index (χ0) is 12.6. The molecule has 0 fully saturated rings. The van der Waals surface area contributed by atoms with E-state index in [9.17, 15) is 18.0 Å². The Kier molecular flexibility index (Phi) is 2.60. The SMILES string of the molecule is O=C(O)Cc1c(C(F)(F)F)ccc2c1OCO2. The lowest BCUT2D eigenvalue weighted by atomic mass is 10.0. The second kappa shape index (κ2) is 3.83. The lowest BCUT2D eigenvalue weighted by Gasteiger charge is -2.13. The van der Waals surface area contributed by atoms with E-state index in [1.807, 2.05) is 0 Å². The Morgan fingerprint density at radius 2 is 2.06 bits per heavy atom. The first kappa shape index (κ1) is 11.6. The molecule has 0 atom stereocenters. The van der Waals surface area contributed by atoms with E-state index in [1.165, 1.54) is 0 Å². The summed E-state index contributed by atoms with van der Waals surface area (Å²) in [6.45, 7) is -0.205. The number of halogens is 3. The number of fused-ring (bicyclic) bond motifs is 1. The maximum Gasteiger partial charge on any atom is 0.416 e. The second-order valence-electron chi connectivity index (χ2n) is 3.39. The summed E-state index contributed by atoms with van der Waals surface area (Å²) in [5, 5.41) is 8.62. The van der Waals surface area contributed by atoms with E-state index >= 15 is 0 Å². The van der Waals surface area contributed by atoms with E-state index in [0.717, 1.165) is 12.1 Å². The highest BCUT2D eigenvalue weighted by Crippen LogP contribution is 2.43. The van der Waals surface area contributed by atoms with E-state index in [2.05, 4.69) is 0 Å². The molecule has 0 spiro atoms. The molecule has 0 radical (unpaired) electrons. The number of alkyl halides is 3. The van der Waals surface area contributed by atoms with Crippen molar-refractivity contribution in [2.75, 3.05) is 6.79 Å². The monoisotopic (exact) mass is 248 g/mol. The van der Waals surface area contributed by atoms with Crippen LogP contribution in [0.1, 0.15) is 11.1 Å². The van der Waals surface area contributed by atoms with E-state index in [-0.39, 0.29) is 18.3 Å². The summed E-state index contributed by atoms with van der Waals surface area (Å²) < 4.78 is 47.8. The fourth-order valence-electron chi connectivity index (χ4n) is 1.62. The number of ether oxygens (including phenoxy) is 2. The molecule has 7 heteroatoms. The number of rotatable bonds is 2. The molecule has 0 aliphatic carbocycles. The largest absolute Gasteiger partial charge is 0.481 e. The third-order valence-corrected chi connectivity index (χ3v) is 2.28. The Labute approximate surface area is 93.6 Å². The van der Waals surface area contributed by atoms with E-state index < -0.39 is 29.7 Å². The topological polar surface area (TPSA) is 55.8 Å². The van der Waals surface area contributed by atoms with Gasteiger partial charge in [-0.2, -0.15) is 13.2 Å². The van der Waals surface area contributed by atoms with Gasteiger partial charge in [0.2, 0.25) is 6.79 Å². The molecule has 1 N–H and O–H groups in total. The van der Waals surface area contributed by atoms with Gasteiger partial charge >= 0.3 is 12.1 Å². The minimum absolute atomic E-state index is 0.134. The number of aliphatic carboxylic acids is 1. The van der Waals surface area contributed by atoms with E-state index in [0.29, 0.717) is 0 Å². The molecule has 1 aliphatic heterocycles. The summed E-state index contributed by atoms with van der Waals surface area (Å²) >= 11 is 0. The quantitative estimate of drug-likeness (QED) is 0.870. The molecular formula is C10H7F3O4. The van der Waals surface area contributed by atoms with Gasteiger partial charge in [0.1, 0.15) is 0 Å². The summed E-state index contributed by atoms with van der Waals surface area (Å²) in [7, 11) is 0. The van der Waals surface area contributed by atoms with Crippen LogP contribution < -0.4 is 9.47 Å². The van der Waals surface area contributed by atoms with Crippen LogP contribution in [-0.2, 0) is 17.4 Å². The molecular weight excluding hydrogens is 241 g/mol. The number of carbonyl (C=O) groups is 1. The Bertz CT molecular complexity index is 467. The third-order valence-electron chi connectivity index (χ3n) is 2.28. The van der Waals surface area contributed by atoms with Gasteiger partial charge in [-0.3, -0.25) is 4.79 Å². The molecule has 4 nitrogen and oxygen atoms in total. The zero-order valence-corrected chi connectivity index (χ0v) is 8.37. The first-order valence-electron chi connectivity index (χ1n) is 4.60. The average molecular weight is 248 g/mol. The Hall–Kier alpha value is -1.92. The molecule has 0 saturated carbocycles. The molecule has 17 heavy (non-hydrogen) atoms. The minimum Gasteiger partial charge on any atom is -0.481 e. The lowest BCUT2D eigenvalue weighted by molar-refractivity contribution is -0.139. The Morgan fingerprint density at radius 3 is 2.65 bits per heavy atom. The predicted octanol–water partition coefficient (Wildman–Crippen LogP) is 2.06. The van der Waals surface area contributed by atoms with Gasteiger partial charge in [-0.05, 0) is 12.1 Å². The molecule has 1 aromatic rings. The molecule has 1 heterocycles. The molecule has 1 aliphatic rings. The molecule has 0 saturated heterocycles. The van der Waals surface area contributed by atoms with Crippen LogP contribution in [-0.4, -0.2) is 17.9 Å². The number of benzene rings is 1. The van der Waals surface area contributed by atoms with Crippen molar-refractivity contribution in [3.63, 3.8) is 0 Å². The fourth-order valence-corrected chi connectivity index (χ4v) is 1.62. The van der Waals surface area contributed by atoms with Crippen molar-refractivity contribution in [3.8, 4) is 11.5 Å². The van der Waals surface area contributed by atoms with Gasteiger partial charge in [-0.15, -0.1) is 0 Å². The van der Waals surface area contributed by atoms with Crippen LogP contribution in [0.3, 0.4) is 0 Å². The van der Waals surface area contributed by atoms with E-state index in [1.54, 1.807) is 0 Å². The maximum atomic E-state index is 12.7. The highest BCUT2D eigenvalue weighted by atomic mass is 19.4. The number of carboxylic acid groups (broad SMARTS) is 1. The van der Waals surface area contributed by atoms with Gasteiger partial charge in [0, 0.05) is 5.56 Å². The summed E-state index contributed by atoms with van der Waals surface area (Å²) in [5.41, 5.74) is -1.41. The van der Waals surface area contributed by atoms with Gasteiger partial charge in [0.15, 0.2) is 11.5 Å². The van der Waals surface area contributed by atoms with Crippen molar-refractivity contribution in [1.29, 1.82) is 0 Å². The Morgan fingerprint density at radius 1 is 1.35 bits per heavy atom. The van der Waals surface area contributed by atoms with Crippen LogP contribution >= 0.6 is 0 Å². The predicted molar refractivity (Wildman–Crippen MR) is 48.9 cm³/mol. The van der Waals surface area contributed by atoms with Crippen molar-refractivity contribution in [2.24, 2.45) is 0 Å². The maximum absolute atomic E-state index is 12.7. The van der Waals surface area contributed by atoms with Crippen molar-refractivity contribution < 1.29 is 32.5 Å². The second-order valence-corrected chi connectivity index (χ2v) is 3.39. The Balaban J connectivity index is 2.56. The van der Waals surface area contributed by atoms with Gasteiger partial charge in [0.05, 0.1) is 12.0 Å². The average Bonchev–Trinajstić information content (AvgIpc) is 2.63. The highest BCUT2D eigenvalue weighted by Gasteiger charge is 2.37. The first-order valence-corrected chi connectivity index (χ1v) is 4.60. The van der Waals surface area contributed by atoms with Crippen molar-refractivity contribution >= 4 is 5.97 Å². The van der Waals surface area contributed by atoms with Gasteiger partial charge in [0.25, 0.3) is 0 Å². The number of carboxylic acids is 1. The fraction of sp³-hybridized carbons (Fsp3) is 0.300. The molecule has 0 unspecified atom stereocenters. The number of hydrogen-bond donors (Lipinski definition) is 1. The van der Waals surface area contributed by atoms with Crippen LogP contribution in [0.5, 0.6) is 11.5 Å². The van der Waals surface area contributed by atoms with Crippen LogP contribution in [0.4, 0.5) is 13.2 Å². The van der Waals surface area contributed by atoms with Gasteiger partial charge in [-0.1, -0.05) is 0 Å². The summed E-state index contributed by atoms with van der Waals surface area (Å²) in [6.07, 6.45) is -5.38. The van der Waals surface area contributed by atoms with Crippen molar-refractivity contribution in [1.82, 2.24) is 0 Å². The highest BCUT2D eigenvalue weighted by molar-refractivity contribution is 5.73. The van der Waals surface area contributed by atoms with Gasteiger partial charge in [-0.25, -0.2) is 0 Å². The number of hydrogen-bond acceptors (Lipinski definition) is 3. The van der Waals surface area contributed by atoms with Crippen molar-refractivity contribution in [3.05, 3.63) is 23.3 Å². The molecule has 0 bridgehead atoms. The molecule has 0 aromatic heterocycles. The summed E-state index contributed by atoms with van der Waals surface area (Å²) in [4.78, 5) is 10.6. The third kappa shape index (κ3) is 2.13. The van der Waals surface area contributed by atoms with Gasteiger partial charge < -0.3 is 14.6 Å². The normalized spacial score (nSPS) is 13.8. The molecule has 0 amide bonds. The smallest absolute Gasteiger partial charge is 0.416 e. The summed E-state index contributed by atoms with van der Waals surface area (Å²) in [6, 6.07) is 1.92. The molecule has 1 aromatic carbocycles. The van der Waals surface area contributed by atoms with Crippen LogP contribution in [0.15, 0.2) is 12.1 Å². The lowest BCUT2D eigenvalue weighted by Crippen LogP contribution is -2.13. The van der Waals surface area contributed by atoms with E-state index in [4.69, 9.17) is 14.6 Å². The standard InChI is InChI=1S/C10H7F3O4/c11-10(12,13)6-1-2-7-9(17-4-16-7)5(6)3-8(14)15/h1-2H,3-4H2,(H,14,15). The minimum atomic E-state index is -4.62. The zero-order valence-electron chi connectivity index (χ0n) is 8.37. The molecule has 92 valence electrons. The van der Waals surface area contributed by atoms with Crippen LogP contribution in [0.2, 0.25) is 0 Å². The molecule has 2 rings (SSSR count). The van der Waals surface area contributed by atoms with Crippen LogP contribution in [0.25, 0.3) is 0 Å². The summed E-state index contributed by atoms with van der Waals surface area (Å²) in [5.74, 6) is -1.36. The first-order chi connectivity index (χ1) is 7.89.